The highest BCUT2D eigenvalue weighted by atomic mass is 16.6. The van der Waals surface area contributed by atoms with Gasteiger partial charge < -0.3 is 15.0 Å². The maximum atomic E-state index is 11.6. The van der Waals surface area contributed by atoms with Crippen molar-refractivity contribution in [2.24, 2.45) is 5.73 Å². The zero-order valence-electron chi connectivity index (χ0n) is 10.3. The molecule has 19 heavy (non-hydrogen) atoms. The Bertz CT molecular complexity index is 635. The molecule has 1 aromatic carbocycles. The lowest BCUT2D eigenvalue weighted by molar-refractivity contribution is -0.384. The number of nitrogens with two attached hydrogens (primary N) is 1. The second-order valence-corrected chi connectivity index (χ2v) is 4.00. The highest BCUT2D eigenvalue weighted by molar-refractivity contribution is 5.85. The predicted molar refractivity (Wildman–Crippen MR) is 68.7 cm³/mol. The fourth-order valence-electron chi connectivity index (χ4n) is 1.98. The molecule has 0 bridgehead atoms. The number of esters is 1. The average molecular weight is 263 g/mol. The molecule has 7 heteroatoms. The van der Waals surface area contributed by atoms with E-state index in [4.69, 9.17) is 5.73 Å². The van der Waals surface area contributed by atoms with Gasteiger partial charge in [0.25, 0.3) is 5.69 Å². The number of fused-ring (bicyclic) bond motifs is 1. The molecule has 2 aromatic rings. The van der Waals surface area contributed by atoms with Crippen molar-refractivity contribution in [2.45, 2.75) is 6.04 Å². The van der Waals surface area contributed by atoms with Crippen molar-refractivity contribution < 1.29 is 14.5 Å². The second kappa shape index (κ2) is 5.07. The van der Waals surface area contributed by atoms with Gasteiger partial charge in [0.1, 0.15) is 6.04 Å². The number of rotatable bonds is 4. The second-order valence-electron chi connectivity index (χ2n) is 4.00. The number of benzene rings is 1. The Kier molecular flexibility index (Phi) is 3.48. The van der Waals surface area contributed by atoms with Crippen LogP contribution in [0.3, 0.4) is 0 Å². The first-order chi connectivity index (χ1) is 9.08. The van der Waals surface area contributed by atoms with E-state index in [9.17, 15) is 14.9 Å². The summed E-state index contributed by atoms with van der Waals surface area (Å²) in [5.41, 5.74) is 6.12. The van der Waals surface area contributed by atoms with Gasteiger partial charge in [0.15, 0.2) is 0 Å². The summed E-state index contributed by atoms with van der Waals surface area (Å²) in [7, 11) is 1.28. The maximum absolute atomic E-state index is 11.6. The lowest BCUT2D eigenvalue weighted by atomic mass is 10.2. The number of non-ortho nitro benzene ring substituents is 1. The molecule has 0 saturated heterocycles. The van der Waals surface area contributed by atoms with E-state index in [-0.39, 0.29) is 12.2 Å². The molecule has 0 aliphatic rings. The lowest BCUT2D eigenvalue weighted by Crippen LogP contribution is -2.27. The smallest absolute Gasteiger partial charge is 0.330 e. The van der Waals surface area contributed by atoms with Crippen molar-refractivity contribution in [3.63, 3.8) is 0 Å². The number of hydrogen-bond donors (Lipinski definition) is 1. The Morgan fingerprint density at radius 1 is 1.53 bits per heavy atom. The molecular formula is C12H13N3O4. The molecule has 0 amide bonds. The van der Waals surface area contributed by atoms with Crippen LogP contribution in [0.1, 0.15) is 6.04 Å². The average Bonchev–Trinajstić information content (AvgIpc) is 2.82. The Hall–Kier alpha value is -2.41. The molecule has 0 aliphatic heterocycles. The van der Waals surface area contributed by atoms with Crippen LogP contribution in [0.25, 0.3) is 10.9 Å². The lowest BCUT2D eigenvalue weighted by Gasteiger charge is -2.15. The van der Waals surface area contributed by atoms with Crippen molar-refractivity contribution in [1.29, 1.82) is 0 Å². The fourth-order valence-corrected chi connectivity index (χ4v) is 1.98. The van der Waals surface area contributed by atoms with E-state index in [1.165, 1.54) is 19.2 Å². The van der Waals surface area contributed by atoms with Gasteiger partial charge in [0, 0.05) is 30.3 Å². The van der Waals surface area contributed by atoms with Crippen molar-refractivity contribution in [3.05, 3.63) is 40.6 Å². The molecule has 1 unspecified atom stereocenters. The molecule has 0 aliphatic carbocycles. The van der Waals surface area contributed by atoms with Crippen LogP contribution < -0.4 is 5.73 Å². The number of hydrogen-bond acceptors (Lipinski definition) is 5. The fraction of sp³-hybridized carbons (Fsp3) is 0.250. The van der Waals surface area contributed by atoms with Crippen LogP contribution in [0.5, 0.6) is 0 Å². The molecule has 1 heterocycles. The van der Waals surface area contributed by atoms with Crippen LogP contribution in [-0.2, 0) is 9.53 Å². The van der Waals surface area contributed by atoms with E-state index in [2.05, 4.69) is 4.74 Å². The van der Waals surface area contributed by atoms with E-state index in [0.29, 0.717) is 5.52 Å². The van der Waals surface area contributed by atoms with Gasteiger partial charge in [-0.3, -0.25) is 10.1 Å². The normalized spacial score (nSPS) is 12.3. The highest BCUT2D eigenvalue weighted by Gasteiger charge is 2.21. The topological polar surface area (TPSA) is 100 Å². The summed E-state index contributed by atoms with van der Waals surface area (Å²) < 4.78 is 6.27. The van der Waals surface area contributed by atoms with Gasteiger partial charge in [-0.1, -0.05) is 0 Å². The zero-order chi connectivity index (χ0) is 14.0. The van der Waals surface area contributed by atoms with Gasteiger partial charge in [-0.05, 0) is 12.1 Å². The number of methoxy groups -OCH3 is 1. The van der Waals surface area contributed by atoms with E-state index < -0.39 is 16.9 Å². The minimum atomic E-state index is -0.690. The van der Waals surface area contributed by atoms with Crippen LogP contribution >= 0.6 is 0 Å². The maximum Gasteiger partial charge on any atom is 0.330 e. The van der Waals surface area contributed by atoms with Crippen LogP contribution in [0.4, 0.5) is 5.69 Å². The highest BCUT2D eigenvalue weighted by Crippen LogP contribution is 2.25. The third-order valence-electron chi connectivity index (χ3n) is 2.95. The number of ether oxygens (including phenoxy) is 1. The van der Waals surface area contributed by atoms with Gasteiger partial charge in [-0.2, -0.15) is 0 Å². The van der Waals surface area contributed by atoms with Gasteiger partial charge in [-0.25, -0.2) is 4.79 Å². The van der Waals surface area contributed by atoms with E-state index in [0.717, 1.165) is 5.39 Å². The number of nitrogens with zero attached hydrogens (tertiary/aromatic N) is 2. The molecule has 2 rings (SSSR count). The van der Waals surface area contributed by atoms with Crippen molar-refractivity contribution in [3.8, 4) is 0 Å². The molecule has 0 fully saturated rings. The molecule has 0 radical (unpaired) electrons. The van der Waals surface area contributed by atoms with Crippen molar-refractivity contribution in [1.82, 2.24) is 4.57 Å². The van der Waals surface area contributed by atoms with E-state index in [1.807, 2.05) is 0 Å². The zero-order valence-corrected chi connectivity index (χ0v) is 10.3. The Balaban J connectivity index is 2.56. The molecular weight excluding hydrogens is 250 g/mol. The molecule has 0 saturated carbocycles. The van der Waals surface area contributed by atoms with Gasteiger partial charge in [0.2, 0.25) is 0 Å². The number of nitro benzene ring substituents is 1. The monoisotopic (exact) mass is 263 g/mol. The summed E-state index contributed by atoms with van der Waals surface area (Å²) in [6.45, 7) is 0.0547. The number of aromatic nitrogens is 1. The summed E-state index contributed by atoms with van der Waals surface area (Å²) in [6.07, 6.45) is 1.67. The van der Waals surface area contributed by atoms with Crippen molar-refractivity contribution in [2.75, 3.05) is 13.7 Å². The first-order valence-electron chi connectivity index (χ1n) is 5.61. The van der Waals surface area contributed by atoms with Gasteiger partial charge in [-0.15, -0.1) is 0 Å². The first-order valence-corrected chi connectivity index (χ1v) is 5.61. The van der Waals surface area contributed by atoms with E-state index >= 15 is 0 Å². The minimum Gasteiger partial charge on any atom is -0.467 e. The first kappa shape index (κ1) is 13.0. The minimum absolute atomic E-state index is 0.0342. The molecule has 7 nitrogen and oxygen atoms in total. The molecule has 100 valence electrons. The Labute approximate surface area is 108 Å². The quantitative estimate of drug-likeness (QED) is 0.508. The van der Waals surface area contributed by atoms with E-state index in [1.54, 1.807) is 22.9 Å². The molecule has 0 spiro atoms. The van der Waals surface area contributed by atoms with Crippen LogP contribution in [0, 0.1) is 10.1 Å². The largest absolute Gasteiger partial charge is 0.467 e. The Morgan fingerprint density at radius 2 is 2.26 bits per heavy atom. The summed E-state index contributed by atoms with van der Waals surface area (Å²) >= 11 is 0. The Morgan fingerprint density at radius 3 is 2.84 bits per heavy atom. The van der Waals surface area contributed by atoms with Crippen LogP contribution in [-0.4, -0.2) is 29.1 Å². The SMILES string of the molecule is COC(=O)C(CN)n1ccc2ccc([N+](=O)[O-])cc21. The third-order valence-corrected chi connectivity index (χ3v) is 2.95. The van der Waals surface area contributed by atoms with Crippen molar-refractivity contribution >= 4 is 22.6 Å². The number of carbonyl (C=O) groups excluding carboxylic acids is 1. The van der Waals surface area contributed by atoms with Gasteiger partial charge >= 0.3 is 5.97 Å². The molecule has 1 aromatic heterocycles. The number of nitro groups is 1. The summed E-state index contributed by atoms with van der Waals surface area (Å²) in [4.78, 5) is 22.0. The molecule has 2 N–H and O–H groups in total. The standard InChI is InChI=1S/C12H13N3O4/c1-19-12(16)11(7-13)14-5-4-8-2-3-9(15(17)18)6-10(8)14/h2-6,11H,7,13H2,1H3. The number of carbonyl (C=O) groups is 1. The predicted octanol–water partition coefficient (Wildman–Crippen LogP) is 1.22. The van der Waals surface area contributed by atoms with Crippen LogP contribution in [0.15, 0.2) is 30.5 Å². The summed E-state index contributed by atoms with van der Waals surface area (Å²) in [6, 6.07) is 5.55. The summed E-state index contributed by atoms with van der Waals surface area (Å²) in [5, 5.41) is 11.6. The third kappa shape index (κ3) is 2.27. The molecule has 1 atom stereocenters. The van der Waals surface area contributed by atoms with Gasteiger partial charge in [0.05, 0.1) is 17.5 Å². The van der Waals surface area contributed by atoms with Crippen LogP contribution in [0.2, 0.25) is 0 Å². The summed E-state index contributed by atoms with van der Waals surface area (Å²) in [5.74, 6) is -0.480.